The number of aromatic hydroxyl groups is 1. The van der Waals surface area contributed by atoms with Gasteiger partial charge in [0.15, 0.2) is 0 Å². The lowest BCUT2D eigenvalue weighted by Gasteiger charge is -2.23. The predicted octanol–water partition coefficient (Wildman–Crippen LogP) is 0.669. The molecule has 1 amide bonds. The van der Waals surface area contributed by atoms with Crippen LogP contribution >= 0.6 is 0 Å². The number of carbonyl (C=O) groups excluding carboxylic acids is 1. The first-order valence-electron chi connectivity index (χ1n) is 5.28. The zero-order valence-corrected chi connectivity index (χ0v) is 8.89. The number of rotatable bonds is 3. The van der Waals surface area contributed by atoms with E-state index in [1.54, 1.807) is 24.3 Å². The molecule has 2 rings (SSSR count). The molecule has 86 valence electrons. The summed E-state index contributed by atoms with van der Waals surface area (Å²) in [5.74, 6) is -0.0813. The van der Waals surface area contributed by atoms with Crippen LogP contribution in [-0.4, -0.2) is 28.6 Å². The van der Waals surface area contributed by atoms with Gasteiger partial charge in [-0.3, -0.25) is 4.79 Å². The van der Waals surface area contributed by atoms with E-state index in [4.69, 9.17) is 10.8 Å². The lowest BCUT2D eigenvalue weighted by Crippen LogP contribution is -2.43. The van der Waals surface area contributed by atoms with Crippen LogP contribution in [0.2, 0.25) is 0 Å². The molecule has 0 bridgehead atoms. The van der Waals surface area contributed by atoms with Crippen molar-refractivity contribution in [2.24, 2.45) is 5.73 Å². The van der Waals surface area contributed by atoms with Crippen LogP contribution in [0.15, 0.2) is 24.3 Å². The van der Waals surface area contributed by atoms with Crippen molar-refractivity contribution in [1.29, 1.82) is 0 Å². The third-order valence-electron chi connectivity index (χ3n) is 2.72. The minimum atomic E-state index is -0.302. The second-order valence-electron chi connectivity index (χ2n) is 3.91. The van der Waals surface area contributed by atoms with Gasteiger partial charge in [-0.2, -0.15) is 0 Å². The molecule has 1 atom stereocenters. The molecule has 4 N–H and O–H groups in total. The highest BCUT2D eigenvalue weighted by Crippen LogP contribution is 2.20. The number of phenols is 1. The van der Waals surface area contributed by atoms with Gasteiger partial charge in [0.1, 0.15) is 11.8 Å². The van der Waals surface area contributed by atoms with Crippen molar-refractivity contribution in [3.8, 4) is 5.75 Å². The summed E-state index contributed by atoms with van der Waals surface area (Å²) in [6.07, 6.45) is 1.75. The largest absolute Gasteiger partial charge is 0.508 e. The van der Waals surface area contributed by atoms with Crippen molar-refractivity contribution >= 4 is 11.6 Å². The number of carbonyl (C=O) groups is 1. The maximum Gasteiger partial charge on any atom is 0.236 e. The van der Waals surface area contributed by atoms with E-state index >= 15 is 0 Å². The number of benzene rings is 1. The van der Waals surface area contributed by atoms with Crippen molar-refractivity contribution in [3.63, 3.8) is 0 Å². The van der Waals surface area contributed by atoms with Gasteiger partial charge in [-0.05, 0) is 37.1 Å². The third kappa shape index (κ3) is 2.25. The molecule has 1 aliphatic rings. The summed E-state index contributed by atoms with van der Waals surface area (Å²) in [7, 11) is 0. The van der Waals surface area contributed by atoms with Gasteiger partial charge in [-0.1, -0.05) is 0 Å². The van der Waals surface area contributed by atoms with Crippen LogP contribution < -0.4 is 11.2 Å². The van der Waals surface area contributed by atoms with Crippen molar-refractivity contribution in [2.45, 2.75) is 18.9 Å². The molecule has 1 saturated heterocycles. The van der Waals surface area contributed by atoms with Crippen molar-refractivity contribution in [2.75, 3.05) is 12.0 Å². The highest BCUT2D eigenvalue weighted by molar-refractivity contribution is 5.80. The number of nitrogens with two attached hydrogens (primary N) is 1. The highest BCUT2D eigenvalue weighted by Gasteiger charge is 2.28. The number of hydrogen-bond donors (Lipinski definition) is 3. The van der Waals surface area contributed by atoms with Gasteiger partial charge >= 0.3 is 0 Å². The Kier molecular flexibility index (Phi) is 2.96. The molecule has 16 heavy (non-hydrogen) atoms. The second-order valence-corrected chi connectivity index (χ2v) is 3.91. The first kappa shape index (κ1) is 10.8. The normalized spacial score (nSPS) is 20.9. The van der Waals surface area contributed by atoms with E-state index < -0.39 is 0 Å². The summed E-state index contributed by atoms with van der Waals surface area (Å²) < 4.78 is 0. The van der Waals surface area contributed by atoms with Crippen LogP contribution in [-0.2, 0) is 4.79 Å². The fourth-order valence-electron chi connectivity index (χ4n) is 1.90. The summed E-state index contributed by atoms with van der Waals surface area (Å²) in [6.45, 7) is 0.800. The molecule has 0 saturated carbocycles. The smallest absolute Gasteiger partial charge is 0.236 e. The van der Waals surface area contributed by atoms with Gasteiger partial charge in [0.25, 0.3) is 0 Å². The molecule has 0 unspecified atom stereocenters. The molecule has 1 aliphatic heterocycles. The van der Waals surface area contributed by atoms with Crippen LogP contribution in [0.3, 0.4) is 0 Å². The molecule has 1 heterocycles. The molecule has 1 aromatic carbocycles. The van der Waals surface area contributed by atoms with Crippen LogP contribution in [0.1, 0.15) is 12.8 Å². The van der Waals surface area contributed by atoms with E-state index in [1.807, 2.05) is 5.01 Å². The van der Waals surface area contributed by atoms with Gasteiger partial charge in [-0.25, -0.2) is 5.01 Å². The quantitative estimate of drug-likeness (QED) is 0.655. The highest BCUT2D eigenvalue weighted by atomic mass is 16.3. The first-order valence-corrected chi connectivity index (χ1v) is 5.28. The predicted molar refractivity (Wildman–Crippen MR) is 60.7 cm³/mol. The number of nitrogens with one attached hydrogen (secondary N) is 1. The van der Waals surface area contributed by atoms with E-state index in [0.717, 1.165) is 25.1 Å². The first-order chi connectivity index (χ1) is 7.66. The van der Waals surface area contributed by atoms with E-state index in [2.05, 4.69) is 5.43 Å². The summed E-state index contributed by atoms with van der Waals surface area (Å²) in [5.41, 5.74) is 9.27. The Morgan fingerprint density at radius 2 is 2.12 bits per heavy atom. The van der Waals surface area contributed by atoms with E-state index in [-0.39, 0.29) is 17.7 Å². The summed E-state index contributed by atoms with van der Waals surface area (Å²) in [6, 6.07) is 6.46. The maximum atomic E-state index is 11.2. The molecule has 1 aromatic rings. The van der Waals surface area contributed by atoms with Gasteiger partial charge in [0, 0.05) is 12.2 Å². The van der Waals surface area contributed by atoms with Crippen LogP contribution in [0, 0.1) is 0 Å². The molecule has 5 nitrogen and oxygen atoms in total. The number of phenolic OH excluding ortho intramolecular Hbond substituents is 1. The number of amides is 1. The van der Waals surface area contributed by atoms with Gasteiger partial charge in [0.05, 0.1) is 0 Å². The van der Waals surface area contributed by atoms with E-state index in [1.165, 1.54) is 0 Å². The zero-order chi connectivity index (χ0) is 11.5. The number of nitrogens with zero attached hydrogens (tertiary/aromatic N) is 1. The van der Waals surface area contributed by atoms with E-state index in [0.29, 0.717) is 0 Å². The van der Waals surface area contributed by atoms with Crippen LogP contribution in [0.25, 0.3) is 0 Å². The average Bonchev–Trinajstić information content (AvgIpc) is 2.69. The zero-order valence-electron chi connectivity index (χ0n) is 8.89. The Labute approximate surface area is 93.8 Å². The second kappa shape index (κ2) is 4.40. The Bertz CT molecular complexity index is 377. The fraction of sp³-hybridized carbons (Fsp3) is 0.364. The van der Waals surface area contributed by atoms with Crippen molar-refractivity contribution < 1.29 is 9.90 Å². The average molecular weight is 221 g/mol. The van der Waals surface area contributed by atoms with Gasteiger partial charge in [0.2, 0.25) is 5.91 Å². The molecular weight excluding hydrogens is 206 g/mol. The number of primary amides is 1. The van der Waals surface area contributed by atoms with Crippen molar-refractivity contribution in [3.05, 3.63) is 24.3 Å². The third-order valence-corrected chi connectivity index (χ3v) is 2.72. The molecule has 0 aliphatic carbocycles. The lowest BCUT2D eigenvalue weighted by molar-refractivity contribution is -0.121. The number of hydrazine groups is 1. The summed E-state index contributed by atoms with van der Waals surface area (Å²) in [5, 5.41) is 11.0. The molecule has 0 aromatic heterocycles. The van der Waals surface area contributed by atoms with Gasteiger partial charge in [-0.15, -0.1) is 0 Å². The van der Waals surface area contributed by atoms with E-state index in [9.17, 15) is 4.79 Å². The van der Waals surface area contributed by atoms with Crippen LogP contribution in [0.5, 0.6) is 5.75 Å². The summed E-state index contributed by atoms with van der Waals surface area (Å²) in [4.78, 5) is 11.2. The van der Waals surface area contributed by atoms with Crippen LogP contribution in [0.4, 0.5) is 5.69 Å². The van der Waals surface area contributed by atoms with Crippen molar-refractivity contribution in [1.82, 2.24) is 5.01 Å². The molecular formula is C11H15N3O2. The Balaban J connectivity index is 2.03. The van der Waals surface area contributed by atoms with Gasteiger partial charge < -0.3 is 16.3 Å². The molecule has 1 fully saturated rings. The topological polar surface area (TPSA) is 78.6 Å². The minimum Gasteiger partial charge on any atom is -0.508 e. The monoisotopic (exact) mass is 221 g/mol. The Hall–Kier alpha value is -1.75. The molecule has 5 heteroatoms. The standard InChI is InChI=1S/C11H15N3O2/c12-11(16)10-2-1-7-14(10)13-8-3-5-9(15)6-4-8/h3-6,10,13,15H,1-2,7H2,(H2,12,16)/t10-/m0/s1. The Morgan fingerprint density at radius 3 is 2.75 bits per heavy atom. The number of hydrogen-bond acceptors (Lipinski definition) is 4. The summed E-state index contributed by atoms with van der Waals surface area (Å²) >= 11 is 0. The molecule has 0 spiro atoms. The Morgan fingerprint density at radius 1 is 1.44 bits per heavy atom. The number of anilines is 1. The fourth-order valence-corrected chi connectivity index (χ4v) is 1.90. The SMILES string of the molecule is NC(=O)[C@@H]1CCCN1Nc1ccc(O)cc1. The molecule has 0 radical (unpaired) electrons. The minimum absolute atomic E-state index is 0.221. The lowest BCUT2D eigenvalue weighted by atomic mass is 10.2. The maximum absolute atomic E-state index is 11.2.